The Bertz CT molecular complexity index is 488. The molecule has 0 saturated heterocycles. The molecule has 0 amide bonds. The highest BCUT2D eigenvalue weighted by molar-refractivity contribution is 7.11. The molecule has 2 rings (SSSR count). The Morgan fingerprint density at radius 3 is 2.53 bits per heavy atom. The Morgan fingerprint density at radius 1 is 1.20 bits per heavy atom. The molecule has 1 nitrogen and oxygen atoms in total. The smallest absolute Gasteiger partial charge is 0.112 e. The first kappa shape index (κ1) is 9.95. The van der Waals surface area contributed by atoms with Gasteiger partial charge >= 0.3 is 0 Å². The monoisotopic (exact) mass is 213 g/mol. The van der Waals surface area contributed by atoms with Gasteiger partial charge in [-0.05, 0) is 29.0 Å². The van der Waals surface area contributed by atoms with Gasteiger partial charge < -0.3 is 0 Å². The van der Waals surface area contributed by atoms with E-state index >= 15 is 0 Å². The second-order valence-electron chi connectivity index (χ2n) is 3.33. The maximum Gasteiger partial charge on any atom is 0.112 e. The van der Waals surface area contributed by atoms with Crippen LogP contribution in [0.25, 0.3) is 11.1 Å². The van der Waals surface area contributed by atoms with Gasteiger partial charge in [-0.15, -0.1) is 11.3 Å². The third-order valence-electron chi connectivity index (χ3n) is 2.44. The molecule has 0 aliphatic heterocycles. The summed E-state index contributed by atoms with van der Waals surface area (Å²) in [6.45, 7) is 2.14. The molecule has 0 aliphatic carbocycles. The lowest BCUT2D eigenvalue weighted by atomic mass is 10.0. The van der Waals surface area contributed by atoms with Crippen LogP contribution in [-0.2, 0) is 6.42 Å². The van der Waals surface area contributed by atoms with Crippen LogP contribution < -0.4 is 0 Å². The van der Waals surface area contributed by atoms with Gasteiger partial charge in [0, 0.05) is 5.56 Å². The van der Waals surface area contributed by atoms with Crippen molar-refractivity contribution in [3.05, 3.63) is 46.2 Å². The van der Waals surface area contributed by atoms with E-state index in [2.05, 4.69) is 37.3 Å². The van der Waals surface area contributed by atoms with E-state index in [0.29, 0.717) is 0 Å². The van der Waals surface area contributed by atoms with Crippen LogP contribution in [0.5, 0.6) is 0 Å². The number of nitrogens with zero attached hydrogens (tertiary/aromatic N) is 1. The van der Waals surface area contributed by atoms with Crippen LogP contribution >= 0.6 is 11.3 Å². The average Bonchev–Trinajstić information content (AvgIpc) is 2.77. The summed E-state index contributed by atoms with van der Waals surface area (Å²) in [6, 6.07) is 12.6. The van der Waals surface area contributed by atoms with Crippen LogP contribution in [0.1, 0.15) is 17.4 Å². The number of thiophene rings is 1. The molecule has 0 saturated carbocycles. The standard InChI is InChI=1S/C13H11NS/c1-2-10-3-5-11(6-4-10)12-7-8-15-13(12)9-14/h3-8H,2H2,1H3. The molecule has 1 heterocycles. The highest BCUT2D eigenvalue weighted by Gasteiger charge is 2.05. The number of hydrogen-bond acceptors (Lipinski definition) is 2. The van der Waals surface area contributed by atoms with Crippen molar-refractivity contribution in [1.82, 2.24) is 0 Å². The molecular weight excluding hydrogens is 202 g/mol. The molecule has 0 atom stereocenters. The van der Waals surface area contributed by atoms with Crippen molar-refractivity contribution in [1.29, 1.82) is 5.26 Å². The number of nitriles is 1. The van der Waals surface area contributed by atoms with Crippen LogP contribution in [0.4, 0.5) is 0 Å². The SMILES string of the molecule is CCc1ccc(-c2ccsc2C#N)cc1. The van der Waals surface area contributed by atoms with E-state index in [0.717, 1.165) is 22.4 Å². The molecule has 1 aromatic heterocycles. The number of rotatable bonds is 2. The van der Waals surface area contributed by atoms with E-state index in [4.69, 9.17) is 5.26 Å². The van der Waals surface area contributed by atoms with Crippen molar-refractivity contribution in [2.45, 2.75) is 13.3 Å². The molecule has 1 aromatic carbocycles. The molecule has 0 N–H and O–H groups in total. The van der Waals surface area contributed by atoms with E-state index in [9.17, 15) is 0 Å². The first-order valence-corrected chi connectivity index (χ1v) is 5.80. The third kappa shape index (κ3) is 1.93. The van der Waals surface area contributed by atoms with Crippen molar-refractivity contribution >= 4 is 11.3 Å². The van der Waals surface area contributed by atoms with Crippen LogP contribution in [0.15, 0.2) is 35.7 Å². The minimum absolute atomic E-state index is 0.791. The molecule has 0 spiro atoms. The molecule has 0 radical (unpaired) electrons. The van der Waals surface area contributed by atoms with Crippen molar-refractivity contribution in [2.75, 3.05) is 0 Å². The lowest BCUT2D eigenvalue weighted by Crippen LogP contribution is -1.81. The van der Waals surface area contributed by atoms with Crippen molar-refractivity contribution < 1.29 is 0 Å². The summed E-state index contributed by atoms with van der Waals surface area (Å²) in [4.78, 5) is 0.791. The zero-order valence-electron chi connectivity index (χ0n) is 8.53. The predicted octanol–water partition coefficient (Wildman–Crippen LogP) is 3.85. The summed E-state index contributed by atoms with van der Waals surface area (Å²) in [6.07, 6.45) is 1.05. The molecular formula is C13H11NS. The maximum absolute atomic E-state index is 8.93. The van der Waals surface area contributed by atoms with Gasteiger partial charge in [0.25, 0.3) is 0 Å². The van der Waals surface area contributed by atoms with Gasteiger partial charge in [0.2, 0.25) is 0 Å². The predicted molar refractivity (Wildman–Crippen MR) is 63.8 cm³/mol. The molecule has 2 aromatic rings. The summed E-state index contributed by atoms with van der Waals surface area (Å²) < 4.78 is 0. The average molecular weight is 213 g/mol. The Morgan fingerprint density at radius 2 is 1.93 bits per heavy atom. The highest BCUT2D eigenvalue weighted by Crippen LogP contribution is 2.27. The first-order chi connectivity index (χ1) is 7.35. The maximum atomic E-state index is 8.93. The van der Waals surface area contributed by atoms with E-state index in [1.54, 1.807) is 0 Å². The number of aryl methyl sites for hydroxylation is 1. The topological polar surface area (TPSA) is 23.8 Å². The minimum Gasteiger partial charge on any atom is -0.192 e. The number of benzene rings is 1. The van der Waals surface area contributed by atoms with Gasteiger partial charge in [-0.25, -0.2) is 0 Å². The van der Waals surface area contributed by atoms with Crippen molar-refractivity contribution in [3.8, 4) is 17.2 Å². The fourth-order valence-corrected chi connectivity index (χ4v) is 2.25. The van der Waals surface area contributed by atoms with E-state index < -0.39 is 0 Å². The van der Waals surface area contributed by atoms with Crippen molar-refractivity contribution in [2.24, 2.45) is 0 Å². The fourth-order valence-electron chi connectivity index (χ4n) is 1.54. The quantitative estimate of drug-likeness (QED) is 0.743. The summed E-state index contributed by atoms with van der Waals surface area (Å²) in [5.41, 5.74) is 3.50. The van der Waals surface area contributed by atoms with Gasteiger partial charge in [0.1, 0.15) is 10.9 Å². The lowest BCUT2D eigenvalue weighted by molar-refractivity contribution is 1.14. The Kier molecular flexibility index (Phi) is 2.84. The largest absolute Gasteiger partial charge is 0.192 e. The van der Waals surface area contributed by atoms with E-state index in [-0.39, 0.29) is 0 Å². The number of hydrogen-bond donors (Lipinski definition) is 0. The Hall–Kier alpha value is -1.59. The minimum atomic E-state index is 0.791. The highest BCUT2D eigenvalue weighted by atomic mass is 32.1. The summed E-state index contributed by atoms with van der Waals surface area (Å²) in [5.74, 6) is 0. The van der Waals surface area contributed by atoms with E-state index in [1.807, 2.05) is 11.4 Å². The zero-order chi connectivity index (χ0) is 10.7. The summed E-state index contributed by atoms with van der Waals surface area (Å²) >= 11 is 1.49. The van der Waals surface area contributed by atoms with Gasteiger partial charge in [-0.1, -0.05) is 31.2 Å². The second-order valence-corrected chi connectivity index (χ2v) is 4.24. The summed E-state index contributed by atoms with van der Waals surface area (Å²) in [5, 5.41) is 10.9. The van der Waals surface area contributed by atoms with Crippen LogP contribution in [0, 0.1) is 11.3 Å². The fraction of sp³-hybridized carbons (Fsp3) is 0.154. The van der Waals surface area contributed by atoms with Gasteiger partial charge in [0.05, 0.1) is 0 Å². The lowest BCUT2D eigenvalue weighted by Gasteiger charge is -2.00. The normalized spacial score (nSPS) is 9.87. The van der Waals surface area contributed by atoms with Gasteiger partial charge in [0.15, 0.2) is 0 Å². The van der Waals surface area contributed by atoms with Crippen molar-refractivity contribution in [3.63, 3.8) is 0 Å². The van der Waals surface area contributed by atoms with Crippen LogP contribution in [-0.4, -0.2) is 0 Å². The second kappa shape index (κ2) is 4.29. The van der Waals surface area contributed by atoms with Crippen LogP contribution in [0.3, 0.4) is 0 Å². The Balaban J connectivity index is 2.42. The molecule has 0 bridgehead atoms. The first-order valence-electron chi connectivity index (χ1n) is 4.92. The van der Waals surface area contributed by atoms with E-state index in [1.165, 1.54) is 16.9 Å². The molecule has 0 aliphatic rings. The van der Waals surface area contributed by atoms with Gasteiger partial charge in [-0.2, -0.15) is 5.26 Å². The third-order valence-corrected chi connectivity index (χ3v) is 3.26. The van der Waals surface area contributed by atoms with Gasteiger partial charge in [-0.3, -0.25) is 0 Å². The summed E-state index contributed by atoms with van der Waals surface area (Å²) in [7, 11) is 0. The zero-order valence-corrected chi connectivity index (χ0v) is 9.34. The molecule has 0 fully saturated rings. The Labute approximate surface area is 93.6 Å². The van der Waals surface area contributed by atoms with Crippen LogP contribution in [0.2, 0.25) is 0 Å². The molecule has 15 heavy (non-hydrogen) atoms. The molecule has 74 valence electrons. The molecule has 0 unspecified atom stereocenters. The molecule has 2 heteroatoms.